The van der Waals surface area contributed by atoms with Crippen LogP contribution >= 0.6 is 22.9 Å². The smallest absolute Gasteiger partial charge is 0.183 e. The number of halogens is 1. The van der Waals surface area contributed by atoms with E-state index < -0.39 is 5.60 Å². The summed E-state index contributed by atoms with van der Waals surface area (Å²) in [6, 6.07) is 0. The van der Waals surface area contributed by atoms with Crippen LogP contribution in [0.1, 0.15) is 30.6 Å². The molecule has 66 valence electrons. The van der Waals surface area contributed by atoms with Crippen LogP contribution in [0, 0.1) is 0 Å². The Morgan fingerprint density at radius 3 is 2.67 bits per heavy atom. The van der Waals surface area contributed by atoms with Crippen molar-refractivity contribution in [2.24, 2.45) is 0 Å². The SMILES string of the molecule is OC1(c2cnc(Cl)s2)CCCC1. The molecule has 0 atom stereocenters. The van der Waals surface area contributed by atoms with Crippen molar-refractivity contribution in [2.75, 3.05) is 0 Å². The Balaban J connectivity index is 2.28. The summed E-state index contributed by atoms with van der Waals surface area (Å²) in [7, 11) is 0. The van der Waals surface area contributed by atoms with Crippen LogP contribution in [-0.2, 0) is 5.60 Å². The Labute approximate surface area is 80.2 Å². The Bertz CT molecular complexity index is 280. The van der Waals surface area contributed by atoms with E-state index in [0.717, 1.165) is 30.6 Å². The van der Waals surface area contributed by atoms with Crippen molar-refractivity contribution in [1.29, 1.82) is 0 Å². The van der Waals surface area contributed by atoms with E-state index in [-0.39, 0.29) is 0 Å². The second kappa shape index (κ2) is 2.98. The Hall–Kier alpha value is -0.120. The summed E-state index contributed by atoms with van der Waals surface area (Å²) in [5, 5.41) is 10.1. The van der Waals surface area contributed by atoms with Crippen LogP contribution in [0.25, 0.3) is 0 Å². The first kappa shape index (κ1) is 8.48. The molecule has 2 nitrogen and oxygen atoms in total. The van der Waals surface area contributed by atoms with Crippen LogP contribution < -0.4 is 0 Å². The highest BCUT2D eigenvalue weighted by Gasteiger charge is 2.34. The van der Waals surface area contributed by atoms with E-state index in [4.69, 9.17) is 11.6 Å². The minimum absolute atomic E-state index is 0.519. The van der Waals surface area contributed by atoms with E-state index in [1.165, 1.54) is 11.3 Å². The van der Waals surface area contributed by atoms with E-state index in [1.807, 2.05) is 0 Å². The second-order valence-corrected chi connectivity index (χ2v) is 4.83. The number of rotatable bonds is 1. The zero-order valence-electron chi connectivity index (χ0n) is 6.59. The lowest BCUT2D eigenvalue weighted by Crippen LogP contribution is -2.18. The zero-order valence-corrected chi connectivity index (χ0v) is 8.16. The Morgan fingerprint density at radius 1 is 1.50 bits per heavy atom. The maximum Gasteiger partial charge on any atom is 0.183 e. The molecule has 1 aliphatic rings. The first-order chi connectivity index (χ1) is 5.71. The molecule has 0 amide bonds. The topological polar surface area (TPSA) is 33.1 Å². The molecule has 0 spiro atoms. The standard InChI is InChI=1S/C8H10ClNOS/c9-7-10-5-6(12-7)8(11)3-1-2-4-8/h5,11H,1-4H2. The second-order valence-electron chi connectivity index (χ2n) is 3.22. The molecule has 4 heteroatoms. The van der Waals surface area contributed by atoms with Gasteiger partial charge in [-0.05, 0) is 12.8 Å². The van der Waals surface area contributed by atoms with Crippen LogP contribution in [-0.4, -0.2) is 10.1 Å². The monoisotopic (exact) mass is 203 g/mol. The van der Waals surface area contributed by atoms with Crippen LogP contribution in [0.4, 0.5) is 0 Å². The molecule has 1 N–H and O–H groups in total. The van der Waals surface area contributed by atoms with Gasteiger partial charge < -0.3 is 5.11 Å². The van der Waals surface area contributed by atoms with Gasteiger partial charge in [0.05, 0.1) is 4.88 Å². The summed E-state index contributed by atoms with van der Waals surface area (Å²) in [4.78, 5) is 4.85. The Morgan fingerprint density at radius 2 is 2.17 bits per heavy atom. The van der Waals surface area contributed by atoms with Gasteiger partial charge in [0.25, 0.3) is 0 Å². The van der Waals surface area contributed by atoms with E-state index in [9.17, 15) is 5.11 Å². The predicted molar refractivity (Wildman–Crippen MR) is 49.5 cm³/mol. The minimum atomic E-state index is -0.620. The molecular weight excluding hydrogens is 194 g/mol. The van der Waals surface area contributed by atoms with Gasteiger partial charge in [-0.2, -0.15) is 0 Å². The molecule has 1 heterocycles. The molecule has 0 saturated heterocycles. The van der Waals surface area contributed by atoms with Gasteiger partial charge in [0.1, 0.15) is 5.60 Å². The van der Waals surface area contributed by atoms with Crippen LogP contribution in [0.2, 0.25) is 4.47 Å². The summed E-state index contributed by atoms with van der Waals surface area (Å²) < 4.78 is 0.519. The summed E-state index contributed by atoms with van der Waals surface area (Å²) in [6.45, 7) is 0. The van der Waals surface area contributed by atoms with Crippen LogP contribution in [0.3, 0.4) is 0 Å². The molecule has 1 saturated carbocycles. The fraction of sp³-hybridized carbons (Fsp3) is 0.625. The highest BCUT2D eigenvalue weighted by Crippen LogP contribution is 2.41. The Kier molecular flexibility index (Phi) is 2.10. The number of hydrogen-bond acceptors (Lipinski definition) is 3. The fourth-order valence-electron chi connectivity index (χ4n) is 1.67. The summed E-state index contributed by atoms with van der Waals surface area (Å²) in [6.07, 6.45) is 5.60. The number of nitrogens with zero attached hydrogens (tertiary/aromatic N) is 1. The molecule has 0 bridgehead atoms. The van der Waals surface area contributed by atoms with Gasteiger partial charge in [0.15, 0.2) is 4.47 Å². The van der Waals surface area contributed by atoms with Crippen molar-refractivity contribution < 1.29 is 5.11 Å². The van der Waals surface area contributed by atoms with Crippen molar-refractivity contribution in [1.82, 2.24) is 4.98 Å². The lowest BCUT2D eigenvalue weighted by Gasteiger charge is -2.18. The minimum Gasteiger partial charge on any atom is -0.384 e. The van der Waals surface area contributed by atoms with Gasteiger partial charge in [-0.25, -0.2) is 4.98 Å². The van der Waals surface area contributed by atoms with Crippen LogP contribution in [0.5, 0.6) is 0 Å². The van der Waals surface area contributed by atoms with Crippen molar-refractivity contribution >= 4 is 22.9 Å². The third-order valence-corrected chi connectivity index (χ3v) is 3.68. The third-order valence-electron chi connectivity index (χ3n) is 2.37. The molecule has 1 aromatic rings. The fourth-order valence-corrected chi connectivity index (χ4v) is 2.76. The summed E-state index contributed by atoms with van der Waals surface area (Å²) in [5.41, 5.74) is -0.620. The van der Waals surface area contributed by atoms with Gasteiger partial charge in [-0.1, -0.05) is 24.4 Å². The largest absolute Gasteiger partial charge is 0.384 e. The average Bonchev–Trinajstić information content (AvgIpc) is 2.59. The van der Waals surface area contributed by atoms with E-state index in [1.54, 1.807) is 6.20 Å². The third kappa shape index (κ3) is 1.37. The van der Waals surface area contributed by atoms with E-state index in [2.05, 4.69) is 4.98 Å². The maximum atomic E-state index is 10.1. The number of aromatic nitrogens is 1. The molecule has 1 aromatic heterocycles. The predicted octanol–water partition coefficient (Wildman–Crippen LogP) is 2.56. The van der Waals surface area contributed by atoms with Crippen LogP contribution in [0.15, 0.2) is 6.20 Å². The lowest BCUT2D eigenvalue weighted by molar-refractivity contribution is 0.0481. The number of thiazole rings is 1. The van der Waals surface area contributed by atoms with Gasteiger partial charge in [0.2, 0.25) is 0 Å². The first-order valence-electron chi connectivity index (χ1n) is 4.05. The molecule has 1 aliphatic carbocycles. The van der Waals surface area contributed by atoms with Gasteiger partial charge >= 0.3 is 0 Å². The molecule has 0 unspecified atom stereocenters. The quantitative estimate of drug-likeness (QED) is 0.761. The number of aliphatic hydroxyl groups is 1. The molecule has 2 rings (SSSR count). The van der Waals surface area contributed by atoms with Crippen molar-refractivity contribution in [3.05, 3.63) is 15.5 Å². The van der Waals surface area contributed by atoms with Gasteiger partial charge in [-0.15, -0.1) is 11.3 Å². The van der Waals surface area contributed by atoms with E-state index >= 15 is 0 Å². The normalized spacial score (nSPS) is 21.5. The van der Waals surface area contributed by atoms with Crippen molar-refractivity contribution in [2.45, 2.75) is 31.3 Å². The summed E-state index contributed by atoms with van der Waals surface area (Å²) >= 11 is 7.09. The molecule has 1 fully saturated rings. The first-order valence-corrected chi connectivity index (χ1v) is 5.24. The molecule has 12 heavy (non-hydrogen) atoms. The van der Waals surface area contributed by atoms with Crippen molar-refractivity contribution in [3.63, 3.8) is 0 Å². The highest BCUT2D eigenvalue weighted by molar-refractivity contribution is 7.15. The van der Waals surface area contributed by atoms with Gasteiger partial charge in [0, 0.05) is 6.20 Å². The zero-order chi connectivity index (χ0) is 8.60. The molecule has 0 aromatic carbocycles. The molecule has 0 aliphatic heterocycles. The van der Waals surface area contributed by atoms with Gasteiger partial charge in [-0.3, -0.25) is 0 Å². The number of hydrogen-bond donors (Lipinski definition) is 1. The lowest BCUT2D eigenvalue weighted by atomic mass is 10.0. The van der Waals surface area contributed by atoms with E-state index in [0.29, 0.717) is 4.47 Å². The maximum absolute atomic E-state index is 10.1. The molecular formula is C8H10ClNOS. The summed E-state index contributed by atoms with van der Waals surface area (Å²) in [5.74, 6) is 0. The van der Waals surface area contributed by atoms with Crippen molar-refractivity contribution in [3.8, 4) is 0 Å². The highest BCUT2D eigenvalue weighted by atomic mass is 35.5. The molecule has 0 radical (unpaired) electrons. The average molecular weight is 204 g/mol.